The third-order valence-corrected chi connectivity index (χ3v) is 6.22. The van der Waals surface area contributed by atoms with Crippen molar-refractivity contribution in [1.82, 2.24) is 5.28 Å². The lowest BCUT2D eigenvalue weighted by Crippen LogP contribution is -2.36. The van der Waals surface area contributed by atoms with E-state index in [0.29, 0.717) is 5.71 Å². The topological polar surface area (TPSA) is 39.1 Å². The minimum Gasteiger partial charge on any atom is -0.252 e. The predicted molar refractivity (Wildman–Crippen MR) is 129 cm³/mol. The number of fused-ring (bicyclic) bond motifs is 1. The molecule has 2 aromatic rings. The minimum atomic E-state index is -0.849. The summed E-state index contributed by atoms with van der Waals surface area (Å²) in [6.45, 7) is 13.0. The zero-order chi connectivity index (χ0) is 22.6. The van der Waals surface area contributed by atoms with Crippen LogP contribution < -0.4 is 5.01 Å². The molecule has 2 aliphatic rings. The van der Waals surface area contributed by atoms with E-state index in [2.05, 4.69) is 64.8 Å². The monoisotopic (exact) mass is 435 g/mol. The molecule has 0 fully saturated rings. The van der Waals surface area contributed by atoms with Gasteiger partial charge in [-0.15, -0.1) is 16.7 Å². The van der Waals surface area contributed by atoms with Gasteiger partial charge in [0.2, 0.25) is 0 Å². The van der Waals surface area contributed by atoms with Gasteiger partial charge in [0, 0.05) is 0 Å². The molecule has 162 valence electrons. The molecule has 5 heteroatoms. The molecule has 4 nitrogen and oxygen atoms in total. The number of alkyl halides is 1. The zero-order valence-electron chi connectivity index (χ0n) is 19.0. The lowest BCUT2D eigenvalue weighted by atomic mass is 9.78. The molecule has 2 aromatic carbocycles. The van der Waals surface area contributed by atoms with Gasteiger partial charge in [0.15, 0.2) is 0 Å². The van der Waals surface area contributed by atoms with Gasteiger partial charge in [-0.25, -0.2) is 5.01 Å². The van der Waals surface area contributed by atoms with Gasteiger partial charge in [0.05, 0.1) is 11.4 Å². The number of allylic oxidation sites excluding steroid dienone is 3. The number of halogens is 1. The van der Waals surface area contributed by atoms with Crippen molar-refractivity contribution in [2.24, 2.45) is 5.10 Å². The summed E-state index contributed by atoms with van der Waals surface area (Å²) in [6.07, 6.45) is 5.84. The second-order valence-corrected chi connectivity index (χ2v) is 10.9. The molecular formula is C26H30ClN3O. The van der Waals surface area contributed by atoms with E-state index in [0.717, 1.165) is 27.8 Å². The van der Waals surface area contributed by atoms with Gasteiger partial charge in [-0.05, 0) is 45.7 Å². The summed E-state index contributed by atoms with van der Waals surface area (Å²) in [5, 5.41) is 17.7. The predicted octanol–water partition coefficient (Wildman–Crippen LogP) is 6.65. The summed E-state index contributed by atoms with van der Waals surface area (Å²) >= 11 is 7.26. The number of benzene rings is 2. The van der Waals surface area contributed by atoms with Gasteiger partial charge in [0.1, 0.15) is 10.6 Å². The Kier molecular flexibility index (Phi) is 5.07. The standard InChI is InChI=1S/C26H30ClN3O/c1-24(2,3)18-11-7-8-12-19(18)26(27)16-15-21-23(17-26)29(30(31)28-21)22-14-10-9-13-20(22)25(4,5)6/h7-17,31H,1-6H3. The fourth-order valence-corrected chi connectivity index (χ4v) is 4.59. The third-order valence-electron chi connectivity index (χ3n) is 5.79. The quantitative estimate of drug-likeness (QED) is 0.536. The van der Waals surface area contributed by atoms with Gasteiger partial charge < -0.3 is 0 Å². The molecule has 0 saturated carbocycles. The van der Waals surface area contributed by atoms with Crippen molar-refractivity contribution in [2.45, 2.75) is 57.2 Å². The maximum atomic E-state index is 10.7. The lowest BCUT2D eigenvalue weighted by Gasteiger charge is -2.34. The molecule has 31 heavy (non-hydrogen) atoms. The lowest BCUT2D eigenvalue weighted by molar-refractivity contribution is -0.0869. The highest BCUT2D eigenvalue weighted by Crippen LogP contribution is 2.45. The number of anilines is 1. The first-order valence-corrected chi connectivity index (χ1v) is 11.0. The highest BCUT2D eigenvalue weighted by atomic mass is 35.5. The van der Waals surface area contributed by atoms with E-state index < -0.39 is 4.87 Å². The van der Waals surface area contributed by atoms with Gasteiger partial charge in [-0.1, -0.05) is 95.4 Å². The fraction of sp³-hybridized carbons (Fsp3) is 0.346. The molecule has 1 aliphatic carbocycles. The molecule has 0 amide bonds. The van der Waals surface area contributed by atoms with Crippen LogP contribution in [0.5, 0.6) is 0 Å². The van der Waals surface area contributed by atoms with E-state index in [9.17, 15) is 5.21 Å². The van der Waals surface area contributed by atoms with Crippen LogP contribution in [0.2, 0.25) is 0 Å². The number of hydrogen-bond donors (Lipinski definition) is 1. The van der Waals surface area contributed by atoms with Gasteiger partial charge in [-0.3, -0.25) is 5.21 Å². The number of rotatable bonds is 2. The Bertz CT molecular complexity index is 1100. The van der Waals surface area contributed by atoms with Crippen LogP contribution in [-0.4, -0.2) is 16.2 Å². The fourth-order valence-electron chi connectivity index (χ4n) is 4.26. The Morgan fingerprint density at radius 2 is 1.45 bits per heavy atom. The molecular weight excluding hydrogens is 406 g/mol. The van der Waals surface area contributed by atoms with Crippen molar-refractivity contribution in [3.05, 3.63) is 89.1 Å². The Morgan fingerprint density at radius 3 is 2.10 bits per heavy atom. The maximum Gasteiger partial charge on any atom is 0.113 e. The first kappa shape index (κ1) is 21.7. The van der Waals surface area contributed by atoms with Crippen LogP contribution >= 0.6 is 11.6 Å². The molecule has 1 unspecified atom stereocenters. The van der Waals surface area contributed by atoms with Gasteiger partial charge >= 0.3 is 0 Å². The average molecular weight is 436 g/mol. The van der Waals surface area contributed by atoms with Gasteiger partial charge in [0.25, 0.3) is 0 Å². The third kappa shape index (κ3) is 3.79. The molecule has 4 rings (SSSR count). The normalized spacial score (nSPS) is 21.2. The van der Waals surface area contributed by atoms with E-state index in [1.54, 1.807) is 5.01 Å². The summed E-state index contributed by atoms with van der Waals surface area (Å²) in [4.78, 5) is -0.849. The smallest absolute Gasteiger partial charge is 0.113 e. The highest BCUT2D eigenvalue weighted by Gasteiger charge is 2.40. The Hall–Kier alpha value is -2.56. The van der Waals surface area contributed by atoms with Crippen LogP contribution in [0.25, 0.3) is 0 Å². The zero-order valence-corrected chi connectivity index (χ0v) is 19.8. The SMILES string of the molecule is CC(C)(C)c1ccccc1N1C2=CC(Cl)(c3ccccc3C(C)(C)C)C=CC2=NN1O. The first-order chi connectivity index (χ1) is 14.4. The van der Waals surface area contributed by atoms with Crippen molar-refractivity contribution >= 4 is 23.0 Å². The van der Waals surface area contributed by atoms with Crippen molar-refractivity contribution in [1.29, 1.82) is 0 Å². The number of nitrogens with zero attached hydrogens (tertiary/aromatic N) is 3. The molecule has 0 radical (unpaired) electrons. The Balaban J connectivity index is 1.87. The maximum absolute atomic E-state index is 10.7. The molecule has 1 N–H and O–H groups in total. The summed E-state index contributed by atoms with van der Waals surface area (Å²) < 4.78 is 0. The van der Waals surface area contributed by atoms with E-state index in [4.69, 9.17) is 11.6 Å². The summed E-state index contributed by atoms with van der Waals surface area (Å²) in [7, 11) is 0. The molecule has 1 aliphatic heterocycles. The van der Waals surface area contributed by atoms with Crippen LogP contribution in [-0.2, 0) is 15.7 Å². The van der Waals surface area contributed by atoms with Crippen molar-refractivity contribution in [3.63, 3.8) is 0 Å². The summed E-state index contributed by atoms with van der Waals surface area (Å²) in [5.74, 6) is 0. The van der Waals surface area contributed by atoms with Crippen LogP contribution in [0.3, 0.4) is 0 Å². The second-order valence-electron chi connectivity index (χ2n) is 10.3. The first-order valence-electron chi connectivity index (χ1n) is 10.6. The number of hydrogen-bond acceptors (Lipinski definition) is 4. The molecule has 0 saturated heterocycles. The van der Waals surface area contributed by atoms with E-state index in [1.165, 1.54) is 5.56 Å². The molecule has 0 spiro atoms. The number of hydrazone groups is 1. The molecule has 1 atom stereocenters. The molecule has 0 bridgehead atoms. The van der Waals surface area contributed by atoms with Crippen LogP contribution in [0, 0.1) is 0 Å². The van der Waals surface area contributed by atoms with Crippen molar-refractivity contribution in [3.8, 4) is 0 Å². The largest absolute Gasteiger partial charge is 0.252 e. The van der Waals surface area contributed by atoms with E-state index in [-0.39, 0.29) is 10.8 Å². The minimum absolute atomic E-state index is 0.0591. The van der Waals surface area contributed by atoms with Crippen LogP contribution in [0.4, 0.5) is 5.69 Å². The highest BCUT2D eigenvalue weighted by molar-refractivity contribution is 6.29. The van der Waals surface area contributed by atoms with E-state index in [1.807, 2.05) is 48.6 Å². The molecule has 0 aromatic heterocycles. The van der Waals surface area contributed by atoms with Crippen LogP contribution in [0.1, 0.15) is 58.2 Å². The molecule has 1 heterocycles. The van der Waals surface area contributed by atoms with Crippen molar-refractivity contribution < 1.29 is 5.21 Å². The Morgan fingerprint density at radius 1 is 0.871 bits per heavy atom. The average Bonchev–Trinajstić information content (AvgIpc) is 3.01. The van der Waals surface area contributed by atoms with Crippen LogP contribution in [0.15, 0.2) is 77.6 Å². The second kappa shape index (κ2) is 7.25. The number of hydrazine groups is 1. The summed E-state index contributed by atoms with van der Waals surface area (Å²) in [6, 6.07) is 16.4. The number of para-hydroxylation sites is 1. The van der Waals surface area contributed by atoms with E-state index >= 15 is 0 Å². The summed E-state index contributed by atoms with van der Waals surface area (Å²) in [5.41, 5.74) is 5.48. The van der Waals surface area contributed by atoms with Crippen molar-refractivity contribution in [2.75, 3.05) is 5.01 Å². The Labute approximate surface area is 190 Å². The van der Waals surface area contributed by atoms with Gasteiger partial charge in [-0.2, -0.15) is 0 Å².